The smallest absolute Gasteiger partial charge is 0.201 e. The van der Waals surface area contributed by atoms with Gasteiger partial charge in [-0.2, -0.15) is 0 Å². The zero-order valence-electron chi connectivity index (χ0n) is 15.0. The van der Waals surface area contributed by atoms with Crippen LogP contribution in [0.3, 0.4) is 0 Å². The molecule has 18 heavy (non-hydrogen) atoms. The highest BCUT2D eigenvalue weighted by atomic mass is 14.9. The molecular formula is C17H20N+. The van der Waals surface area contributed by atoms with Crippen LogP contribution in [0.15, 0.2) is 30.5 Å². The van der Waals surface area contributed by atoms with Gasteiger partial charge in [0.2, 0.25) is 5.69 Å². The van der Waals surface area contributed by atoms with Gasteiger partial charge in [0, 0.05) is 22.7 Å². The van der Waals surface area contributed by atoms with Crippen LogP contribution in [0.2, 0.25) is 0 Å². The summed E-state index contributed by atoms with van der Waals surface area (Å²) in [4.78, 5) is 0. The van der Waals surface area contributed by atoms with Crippen molar-refractivity contribution >= 4 is 0 Å². The largest absolute Gasteiger partial charge is 0.216 e. The number of fused-ring (bicyclic) bond motifs is 1. The number of rotatable bonds is 1. The van der Waals surface area contributed by atoms with E-state index in [1.807, 2.05) is 43.8 Å². The highest BCUT2D eigenvalue weighted by Gasteiger charge is 2.24. The zero-order valence-corrected chi connectivity index (χ0v) is 11.0. The van der Waals surface area contributed by atoms with Crippen LogP contribution in [-0.2, 0) is 19.8 Å². The van der Waals surface area contributed by atoms with Crippen molar-refractivity contribution in [3.63, 3.8) is 0 Å². The van der Waals surface area contributed by atoms with Gasteiger partial charge in [0.1, 0.15) is 7.05 Å². The maximum absolute atomic E-state index is 8.34. The Morgan fingerprint density at radius 2 is 2.00 bits per heavy atom. The quantitative estimate of drug-likeness (QED) is 0.676. The summed E-state index contributed by atoms with van der Waals surface area (Å²) in [7, 11) is 1.89. The Labute approximate surface area is 115 Å². The van der Waals surface area contributed by atoms with E-state index >= 15 is 0 Å². The average Bonchev–Trinajstić information content (AvgIpc) is 2.56. The minimum atomic E-state index is -1.66. The van der Waals surface area contributed by atoms with Crippen LogP contribution in [0.1, 0.15) is 34.2 Å². The molecule has 0 amide bonds. The molecule has 1 aliphatic rings. The lowest BCUT2D eigenvalue weighted by atomic mass is 9.97. The number of pyridine rings is 1. The van der Waals surface area contributed by atoms with Gasteiger partial charge in [-0.25, -0.2) is 4.57 Å². The Balaban J connectivity index is 2.37. The Morgan fingerprint density at radius 1 is 1.17 bits per heavy atom. The fourth-order valence-corrected chi connectivity index (χ4v) is 2.61. The van der Waals surface area contributed by atoms with Crippen LogP contribution in [0, 0.1) is 13.8 Å². The van der Waals surface area contributed by atoms with Crippen molar-refractivity contribution in [1.29, 1.82) is 0 Å². The van der Waals surface area contributed by atoms with Crippen molar-refractivity contribution < 1.29 is 10.1 Å². The van der Waals surface area contributed by atoms with Crippen LogP contribution >= 0.6 is 0 Å². The topological polar surface area (TPSA) is 3.88 Å². The van der Waals surface area contributed by atoms with Crippen molar-refractivity contribution in [3.05, 3.63) is 52.7 Å². The third kappa shape index (κ3) is 1.74. The molecule has 0 fully saturated rings. The van der Waals surface area contributed by atoms with E-state index in [1.54, 1.807) is 6.07 Å². The SMILES string of the molecule is [2H]C1([2H])CC([2H])([2H])c2c1cc[n+](C)c2-c1ccc(C)cc1C. The Kier molecular flexibility index (Phi) is 1.82. The van der Waals surface area contributed by atoms with E-state index in [1.165, 1.54) is 0 Å². The van der Waals surface area contributed by atoms with Gasteiger partial charge in [-0.05, 0) is 50.2 Å². The van der Waals surface area contributed by atoms with Crippen molar-refractivity contribution in [2.24, 2.45) is 7.05 Å². The molecule has 0 unspecified atom stereocenters. The third-order valence-electron chi connectivity index (χ3n) is 3.50. The van der Waals surface area contributed by atoms with E-state index in [4.69, 9.17) is 5.48 Å². The van der Waals surface area contributed by atoms with Crippen LogP contribution in [0.25, 0.3) is 11.3 Å². The first-order valence-electron chi connectivity index (χ1n) is 8.25. The van der Waals surface area contributed by atoms with Gasteiger partial charge in [-0.1, -0.05) is 17.7 Å². The molecule has 3 rings (SSSR count). The molecule has 0 saturated heterocycles. The second-order valence-corrected chi connectivity index (χ2v) is 4.91. The third-order valence-corrected chi connectivity index (χ3v) is 3.50. The number of aromatic nitrogens is 1. The zero-order chi connectivity index (χ0) is 16.3. The highest BCUT2D eigenvalue weighted by molar-refractivity contribution is 5.66. The minimum absolute atomic E-state index is 0.128. The molecule has 1 heteroatoms. The van der Waals surface area contributed by atoms with Gasteiger partial charge in [0.15, 0.2) is 6.20 Å². The Hall–Kier alpha value is -1.63. The molecule has 0 saturated carbocycles. The molecule has 0 atom stereocenters. The number of hydrogen-bond acceptors (Lipinski definition) is 0. The summed E-state index contributed by atoms with van der Waals surface area (Å²) in [5.41, 5.74) is 4.95. The van der Waals surface area contributed by atoms with Gasteiger partial charge < -0.3 is 0 Å². The number of benzene rings is 1. The molecule has 92 valence electrons. The monoisotopic (exact) mass is 242 g/mol. The molecule has 0 aliphatic heterocycles. The van der Waals surface area contributed by atoms with Crippen LogP contribution in [0.5, 0.6) is 0 Å². The van der Waals surface area contributed by atoms with Gasteiger partial charge in [0.05, 0.1) is 0 Å². The molecule has 0 spiro atoms. The minimum Gasteiger partial charge on any atom is -0.201 e. The number of aryl methyl sites for hydroxylation is 4. The Morgan fingerprint density at radius 3 is 2.78 bits per heavy atom. The van der Waals surface area contributed by atoms with E-state index in [2.05, 4.69) is 6.07 Å². The first-order valence-corrected chi connectivity index (χ1v) is 6.25. The van der Waals surface area contributed by atoms with E-state index in [9.17, 15) is 0 Å². The second kappa shape index (κ2) is 4.24. The van der Waals surface area contributed by atoms with Crippen molar-refractivity contribution in [1.82, 2.24) is 0 Å². The van der Waals surface area contributed by atoms with Gasteiger partial charge in [-0.15, -0.1) is 0 Å². The van der Waals surface area contributed by atoms with E-state index in [0.717, 1.165) is 22.4 Å². The number of nitrogens with zero attached hydrogens (tertiary/aromatic N) is 1. The molecule has 0 bridgehead atoms. The molecule has 1 aromatic heterocycles. The maximum Gasteiger partial charge on any atom is 0.216 e. The molecule has 0 N–H and O–H groups in total. The first kappa shape index (κ1) is 7.73. The fraction of sp³-hybridized carbons (Fsp3) is 0.353. The van der Waals surface area contributed by atoms with Crippen LogP contribution in [-0.4, -0.2) is 0 Å². The molecule has 1 aromatic carbocycles. The standard InChI is InChI=1S/C17H20N/c1-12-7-8-15(13(2)11-12)17-16-6-4-5-14(16)9-10-18(17)3/h7-11H,4-6H2,1-3H3/q+1/i5D2,6D2. The molecular weight excluding hydrogens is 218 g/mol. The highest BCUT2D eigenvalue weighted by Crippen LogP contribution is 2.31. The lowest BCUT2D eigenvalue weighted by Gasteiger charge is -2.09. The predicted molar refractivity (Wildman–Crippen MR) is 74.6 cm³/mol. The van der Waals surface area contributed by atoms with Gasteiger partial charge in [0.25, 0.3) is 0 Å². The molecule has 1 nitrogen and oxygen atoms in total. The Bertz CT molecular complexity index is 765. The lowest BCUT2D eigenvalue weighted by molar-refractivity contribution is -0.660. The van der Waals surface area contributed by atoms with Crippen LogP contribution in [0.4, 0.5) is 0 Å². The van der Waals surface area contributed by atoms with Gasteiger partial charge in [-0.3, -0.25) is 0 Å². The molecule has 1 aliphatic carbocycles. The molecule has 1 heterocycles. The number of hydrogen-bond donors (Lipinski definition) is 0. The molecule has 2 aromatic rings. The summed E-state index contributed by atoms with van der Waals surface area (Å²) in [6, 6.07) is 7.81. The summed E-state index contributed by atoms with van der Waals surface area (Å²) in [5.74, 6) is 0. The summed E-state index contributed by atoms with van der Waals surface area (Å²) < 4.78 is 34.9. The van der Waals surface area contributed by atoms with Crippen molar-refractivity contribution in [2.45, 2.75) is 33.0 Å². The normalized spacial score (nSPS) is 22.6. The second-order valence-electron chi connectivity index (χ2n) is 4.91. The van der Waals surface area contributed by atoms with Gasteiger partial charge >= 0.3 is 0 Å². The van der Waals surface area contributed by atoms with E-state index in [-0.39, 0.29) is 6.42 Å². The predicted octanol–water partition coefficient (Wildman–Crippen LogP) is 3.28. The van der Waals surface area contributed by atoms with Crippen molar-refractivity contribution in [3.8, 4) is 11.3 Å². The average molecular weight is 242 g/mol. The van der Waals surface area contributed by atoms with Crippen molar-refractivity contribution in [2.75, 3.05) is 0 Å². The van der Waals surface area contributed by atoms with Crippen LogP contribution < -0.4 is 4.57 Å². The van der Waals surface area contributed by atoms with E-state index < -0.39 is 12.7 Å². The first-order chi connectivity index (χ1) is 10.1. The fourth-order valence-electron chi connectivity index (χ4n) is 2.61. The lowest BCUT2D eigenvalue weighted by Crippen LogP contribution is -2.32. The summed E-state index contributed by atoms with van der Waals surface area (Å²) >= 11 is 0. The summed E-state index contributed by atoms with van der Waals surface area (Å²) in [5, 5.41) is 0. The maximum atomic E-state index is 8.34. The van der Waals surface area contributed by atoms with E-state index in [0.29, 0.717) is 11.1 Å². The molecule has 0 radical (unpaired) electrons. The summed E-state index contributed by atoms with van der Waals surface area (Å²) in [6.07, 6.45) is -1.59. The summed E-state index contributed by atoms with van der Waals surface area (Å²) in [6.45, 7) is 4.05.